The van der Waals surface area contributed by atoms with E-state index in [1.165, 1.54) is 32.1 Å². The van der Waals surface area contributed by atoms with Crippen LogP contribution in [0.5, 0.6) is 5.75 Å². The summed E-state index contributed by atoms with van der Waals surface area (Å²) in [5.41, 5.74) is 6.95. The Morgan fingerprint density at radius 2 is 2.15 bits per heavy atom. The van der Waals surface area contributed by atoms with E-state index < -0.39 is 0 Å². The summed E-state index contributed by atoms with van der Waals surface area (Å²) in [6.45, 7) is 0.523. The molecule has 20 heavy (non-hydrogen) atoms. The maximum absolute atomic E-state index is 6.08. The quantitative estimate of drug-likeness (QED) is 0.663. The molecule has 3 N–H and O–H groups in total. The van der Waals surface area contributed by atoms with Gasteiger partial charge in [-0.3, -0.25) is 0 Å². The van der Waals surface area contributed by atoms with Crippen molar-refractivity contribution in [2.45, 2.75) is 44.7 Å². The van der Waals surface area contributed by atoms with Crippen LogP contribution in [0.15, 0.2) is 23.2 Å². The molecule has 1 fully saturated rings. The highest BCUT2D eigenvalue weighted by Crippen LogP contribution is 2.25. The molecule has 0 amide bonds. The number of methoxy groups -OCH3 is 1. The van der Waals surface area contributed by atoms with Crippen molar-refractivity contribution in [3.8, 4) is 5.75 Å². The lowest BCUT2D eigenvalue weighted by atomic mass is 9.96. The van der Waals surface area contributed by atoms with E-state index in [9.17, 15) is 0 Å². The minimum absolute atomic E-state index is 0.479. The van der Waals surface area contributed by atoms with Crippen LogP contribution in [0.25, 0.3) is 0 Å². The summed E-state index contributed by atoms with van der Waals surface area (Å²) in [6, 6.07) is 6.13. The Morgan fingerprint density at radius 1 is 1.40 bits per heavy atom. The van der Waals surface area contributed by atoms with Crippen LogP contribution in [0.4, 0.5) is 0 Å². The maximum atomic E-state index is 6.08. The van der Waals surface area contributed by atoms with Gasteiger partial charge in [-0.15, -0.1) is 0 Å². The molecule has 110 valence electrons. The standard InChI is InChI=1S/C15H22ClN3O/c1-20-14-8-7-11(9-13(14)16)10-18-15(17)19-12-5-3-2-4-6-12/h7-9,12H,2-6,10H2,1H3,(H3,17,18,19). The van der Waals surface area contributed by atoms with Gasteiger partial charge in [-0.1, -0.05) is 36.9 Å². The van der Waals surface area contributed by atoms with Crippen molar-refractivity contribution in [3.63, 3.8) is 0 Å². The number of guanidine groups is 1. The van der Waals surface area contributed by atoms with Gasteiger partial charge in [0.1, 0.15) is 5.75 Å². The molecule has 0 atom stereocenters. The van der Waals surface area contributed by atoms with Gasteiger partial charge in [0.15, 0.2) is 5.96 Å². The summed E-state index contributed by atoms with van der Waals surface area (Å²) in [6.07, 6.45) is 6.26. The SMILES string of the molecule is COc1ccc(CN=C(N)NC2CCCCC2)cc1Cl. The topological polar surface area (TPSA) is 59.6 Å². The van der Waals surface area contributed by atoms with Gasteiger partial charge in [0.25, 0.3) is 0 Å². The van der Waals surface area contributed by atoms with E-state index in [-0.39, 0.29) is 0 Å². The zero-order chi connectivity index (χ0) is 14.4. The Kier molecular flexibility index (Phi) is 5.53. The number of rotatable bonds is 4. The smallest absolute Gasteiger partial charge is 0.189 e. The van der Waals surface area contributed by atoms with Gasteiger partial charge in [-0.25, -0.2) is 4.99 Å². The molecule has 1 saturated carbocycles. The largest absolute Gasteiger partial charge is 0.495 e. The molecule has 1 aliphatic carbocycles. The first-order chi connectivity index (χ1) is 9.69. The van der Waals surface area contributed by atoms with Crippen molar-refractivity contribution in [1.82, 2.24) is 5.32 Å². The minimum atomic E-state index is 0.479. The molecular weight excluding hydrogens is 274 g/mol. The highest BCUT2D eigenvalue weighted by Gasteiger charge is 2.13. The highest BCUT2D eigenvalue weighted by atomic mass is 35.5. The number of hydrogen-bond acceptors (Lipinski definition) is 2. The maximum Gasteiger partial charge on any atom is 0.189 e. The number of aliphatic imine (C=N–C) groups is 1. The first kappa shape index (κ1) is 15.0. The zero-order valence-corrected chi connectivity index (χ0v) is 12.6. The molecule has 0 aliphatic heterocycles. The van der Waals surface area contributed by atoms with Gasteiger partial charge in [-0.05, 0) is 30.5 Å². The number of nitrogens with two attached hydrogens (primary N) is 1. The second kappa shape index (κ2) is 7.39. The Hall–Kier alpha value is -1.42. The second-order valence-corrected chi connectivity index (χ2v) is 5.56. The molecule has 1 aromatic carbocycles. The van der Waals surface area contributed by atoms with Gasteiger partial charge < -0.3 is 15.8 Å². The fourth-order valence-electron chi connectivity index (χ4n) is 2.49. The van der Waals surface area contributed by atoms with Crippen molar-refractivity contribution in [3.05, 3.63) is 28.8 Å². The molecule has 0 bridgehead atoms. The van der Waals surface area contributed by atoms with Crippen LogP contribution in [0.3, 0.4) is 0 Å². The minimum Gasteiger partial charge on any atom is -0.495 e. The third kappa shape index (κ3) is 4.30. The summed E-state index contributed by atoms with van der Waals surface area (Å²) < 4.78 is 5.12. The average molecular weight is 296 g/mol. The third-order valence-corrected chi connectivity index (χ3v) is 3.90. The second-order valence-electron chi connectivity index (χ2n) is 5.15. The summed E-state index contributed by atoms with van der Waals surface area (Å²) in [4.78, 5) is 4.37. The van der Waals surface area contributed by atoms with E-state index >= 15 is 0 Å². The molecule has 2 rings (SSSR count). The van der Waals surface area contributed by atoms with Crippen molar-refractivity contribution >= 4 is 17.6 Å². The number of halogens is 1. The van der Waals surface area contributed by atoms with E-state index in [2.05, 4.69) is 10.3 Å². The summed E-state index contributed by atoms with van der Waals surface area (Å²) in [7, 11) is 1.60. The lowest BCUT2D eigenvalue weighted by Gasteiger charge is -2.23. The molecule has 0 radical (unpaired) electrons. The van der Waals surface area contributed by atoms with Crippen LogP contribution < -0.4 is 15.8 Å². The molecule has 0 aromatic heterocycles. The highest BCUT2D eigenvalue weighted by molar-refractivity contribution is 6.32. The number of nitrogens with one attached hydrogen (secondary N) is 1. The summed E-state index contributed by atoms with van der Waals surface area (Å²) >= 11 is 6.08. The summed E-state index contributed by atoms with van der Waals surface area (Å²) in [5, 5.41) is 3.89. The van der Waals surface area contributed by atoms with Crippen LogP contribution in [0.2, 0.25) is 5.02 Å². The van der Waals surface area contributed by atoms with Gasteiger partial charge >= 0.3 is 0 Å². The number of hydrogen-bond donors (Lipinski definition) is 2. The Labute approximate surface area is 125 Å². The summed E-state index contributed by atoms with van der Waals surface area (Å²) in [5.74, 6) is 1.19. The van der Waals surface area contributed by atoms with E-state index in [4.69, 9.17) is 22.1 Å². The van der Waals surface area contributed by atoms with Gasteiger partial charge in [0.05, 0.1) is 18.7 Å². The van der Waals surface area contributed by atoms with Gasteiger partial charge in [0.2, 0.25) is 0 Å². The van der Waals surface area contributed by atoms with Crippen LogP contribution in [-0.2, 0) is 6.54 Å². The predicted octanol–water partition coefficient (Wildman–Crippen LogP) is 3.09. The van der Waals surface area contributed by atoms with Crippen molar-refractivity contribution in [2.75, 3.05) is 7.11 Å². The van der Waals surface area contributed by atoms with E-state index in [1.54, 1.807) is 7.11 Å². The van der Waals surface area contributed by atoms with E-state index in [0.29, 0.717) is 29.3 Å². The number of ether oxygens (including phenoxy) is 1. The zero-order valence-electron chi connectivity index (χ0n) is 11.9. The molecule has 0 spiro atoms. The first-order valence-electron chi connectivity index (χ1n) is 7.08. The number of benzene rings is 1. The number of nitrogens with zero attached hydrogens (tertiary/aromatic N) is 1. The van der Waals surface area contributed by atoms with Crippen LogP contribution in [0.1, 0.15) is 37.7 Å². The Balaban J connectivity index is 1.89. The average Bonchev–Trinajstić information content (AvgIpc) is 2.46. The van der Waals surface area contributed by atoms with Crippen LogP contribution in [0, 0.1) is 0 Å². The van der Waals surface area contributed by atoms with E-state index in [0.717, 1.165) is 5.56 Å². The third-order valence-electron chi connectivity index (χ3n) is 3.61. The van der Waals surface area contributed by atoms with Gasteiger partial charge in [0, 0.05) is 6.04 Å². The molecular formula is C15H22ClN3O. The molecule has 0 heterocycles. The fraction of sp³-hybridized carbons (Fsp3) is 0.533. The first-order valence-corrected chi connectivity index (χ1v) is 7.45. The molecule has 0 saturated heterocycles. The predicted molar refractivity (Wildman–Crippen MR) is 83.3 cm³/mol. The lowest BCUT2D eigenvalue weighted by Crippen LogP contribution is -2.41. The van der Waals surface area contributed by atoms with Gasteiger partial charge in [-0.2, -0.15) is 0 Å². The molecule has 1 aliphatic rings. The normalized spacial score (nSPS) is 17.0. The van der Waals surface area contributed by atoms with Crippen molar-refractivity contribution in [1.29, 1.82) is 0 Å². The molecule has 1 aromatic rings. The van der Waals surface area contributed by atoms with Crippen LogP contribution >= 0.6 is 11.6 Å². The Bertz CT molecular complexity index is 470. The Morgan fingerprint density at radius 3 is 2.80 bits per heavy atom. The molecule has 4 nitrogen and oxygen atoms in total. The molecule has 5 heteroatoms. The monoisotopic (exact) mass is 295 g/mol. The van der Waals surface area contributed by atoms with Crippen molar-refractivity contribution < 1.29 is 4.74 Å². The lowest BCUT2D eigenvalue weighted by molar-refractivity contribution is 0.412. The fourth-order valence-corrected chi connectivity index (χ4v) is 2.77. The van der Waals surface area contributed by atoms with Crippen molar-refractivity contribution in [2.24, 2.45) is 10.7 Å². The van der Waals surface area contributed by atoms with E-state index in [1.807, 2.05) is 18.2 Å². The van der Waals surface area contributed by atoms with Crippen LogP contribution in [-0.4, -0.2) is 19.1 Å². The molecule has 0 unspecified atom stereocenters.